The molecule has 2 aromatic rings. The van der Waals surface area contributed by atoms with Gasteiger partial charge in [0.1, 0.15) is 5.54 Å². The first kappa shape index (κ1) is 19.5. The first-order valence-electron chi connectivity index (χ1n) is 9.95. The van der Waals surface area contributed by atoms with Gasteiger partial charge in [-0.05, 0) is 67.8 Å². The van der Waals surface area contributed by atoms with Crippen LogP contribution in [0.2, 0.25) is 5.02 Å². The summed E-state index contributed by atoms with van der Waals surface area (Å²) in [6, 6.07) is 14.6. The minimum absolute atomic E-state index is 0.153. The van der Waals surface area contributed by atoms with E-state index in [1.165, 1.54) is 24.0 Å². The van der Waals surface area contributed by atoms with Crippen LogP contribution >= 0.6 is 23.4 Å². The molecular formula is C23H26ClN3S. The molecule has 0 amide bonds. The van der Waals surface area contributed by atoms with Crippen LogP contribution in [0.25, 0.3) is 0 Å². The molecule has 2 aliphatic rings. The number of benzene rings is 2. The molecule has 0 bridgehead atoms. The van der Waals surface area contributed by atoms with Crippen LogP contribution in [-0.4, -0.2) is 22.8 Å². The summed E-state index contributed by atoms with van der Waals surface area (Å²) in [5.74, 6) is 0.966. The molecule has 0 unspecified atom stereocenters. The largest absolute Gasteiger partial charge is 0.307 e. The Balaban J connectivity index is 1.87. The number of nitrogens with zero attached hydrogens (tertiary/aromatic N) is 3. The molecule has 0 atom stereocenters. The van der Waals surface area contributed by atoms with Gasteiger partial charge >= 0.3 is 0 Å². The van der Waals surface area contributed by atoms with Gasteiger partial charge in [0.15, 0.2) is 11.0 Å². The van der Waals surface area contributed by atoms with Gasteiger partial charge in [0, 0.05) is 10.7 Å². The number of hydrogen-bond donors (Lipinski definition) is 0. The number of rotatable bonds is 3. The lowest BCUT2D eigenvalue weighted by atomic mass is 9.94. The maximum atomic E-state index is 6.15. The second kappa shape index (κ2) is 7.92. The van der Waals surface area contributed by atoms with Gasteiger partial charge in [-0.15, -0.1) is 0 Å². The van der Waals surface area contributed by atoms with E-state index < -0.39 is 0 Å². The number of aliphatic imine (C=N–C) groups is 2. The van der Waals surface area contributed by atoms with Crippen molar-refractivity contribution in [3.8, 4) is 0 Å². The van der Waals surface area contributed by atoms with Gasteiger partial charge in [-0.25, -0.2) is 9.98 Å². The monoisotopic (exact) mass is 411 g/mol. The predicted octanol–water partition coefficient (Wildman–Crippen LogP) is 6.79. The van der Waals surface area contributed by atoms with Crippen LogP contribution in [0.5, 0.6) is 0 Å². The van der Waals surface area contributed by atoms with Crippen molar-refractivity contribution in [3.05, 3.63) is 58.6 Å². The van der Waals surface area contributed by atoms with E-state index in [0.717, 1.165) is 46.7 Å². The molecule has 1 heterocycles. The van der Waals surface area contributed by atoms with E-state index in [1.807, 2.05) is 12.1 Å². The fraction of sp³-hybridized carbons (Fsp3) is 0.391. The summed E-state index contributed by atoms with van der Waals surface area (Å²) >= 11 is 7.84. The highest BCUT2D eigenvalue weighted by Crippen LogP contribution is 2.46. The van der Waals surface area contributed by atoms with Crippen LogP contribution in [0, 0.1) is 6.92 Å². The molecule has 1 fully saturated rings. The summed E-state index contributed by atoms with van der Waals surface area (Å²) in [7, 11) is 0. The van der Waals surface area contributed by atoms with Crippen LogP contribution in [0.15, 0.2) is 52.4 Å². The molecule has 0 N–H and O–H groups in total. The number of amidine groups is 2. The van der Waals surface area contributed by atoms with Gasteiger partial charge in [-0.3, -0.25) is 0 Å². The van der Waals surface area contributed by atoms with Gasteiger partial charge in [0.25, 0.3) is 0 Å². The Hall–Kier alpha value is -1.78. The quantitative estimate of drug-likeness (QED) is 0.555. The Bertz CT molecular complexity index is 927. The summed E-state index contributed by atoms with van der Waals surface area (Å²) in [6.45, 7) is 4.33. The number of anilines is 1. The van der Waals surface area contributed by atoms with Gasteiger partial charge in [0.2, 0.25) is 0 Å². The molecule has 4 rings (SSSR count). The van der Waals surface area contributed by atoms with Crippen LogP contribution in [0.3, 0.4) is 0 Å². The van der Waals surface area contributed by atoms with Crippen LogP contribution in [-0.2, 0) is 6.42 Å². The number of para-hydroxylation sites is 1. The van der Waals surface area contributed by atoms with Crippen molar-refractivity contribution < 1.29 is 0 Å². The molecule has 2 aromatic carbocycles. The van der Waals surface area contributed by atoms with E-state index in [1.54, 1.807) is 11.8 Å². The van der Waals surface area contributed by atoms with E-state index in [9.17, 15) is 0 Å². The topological polar surface area (TPSA) is 28.0 Å². The number of halogens is 1. The van der Waals surface area contributed by atoms with Gasteiger partial charge in [0.05, 0.1) is 5.69 Å². The minimum Gasteiger partial charge on any atom is -0.307 e. The zero-order valence-electron chi connectivity index (χ0n) is 16.7. The van der Waals surface area contributed by atoms with E-state index in [4.69, 9.17) is 21.6 Å². The molecule has 0 radical (unpaired) electrons. The highest BCUT2D eigenvalue weighted by atomic mass is 35.5. The number of hydrogen-bond acceptors (Lipinski definition) is 3. The van der Waals surface area contributed by atoms with Crippen molar-refractivity contribution in [2.24, 2.45) is 9.98 Å². The minimum atomic E-state index is -0.153. The summed E-state index contributed by atoms with van der Waals surface area (Å²) in [6.07, 6.45) is 7.63. The average Bonchev–Trinajstić information content (AvgIpc) is 3.30. The Morgan fingerprint density at radius 1 is 1.14 bits per heavy atom. The van der Waals surface area contributed by atoms with Crippen molar-refractivity contribution in [2.75, 3.05) is 11.2 Å². The Labute approximate surface area is 176 Å². The molecule has 28 heavy (non-hydrogen) atoms. The van der Waals surface area contributed by atoms with Crippen molar-refractivity contribution in [1.29, 1.82) is 0 Å². The molecule has 3 nitrogen and oxygen atoms in total. The molecule has 1 aliphatic heterocycles. The third-order valence-electron chi connectivity index (χ3n) is 5.86. The molecular weight excluding hydrogens is 386 g/mol. The highest BCUT2D eigenvalue weighted by Gasteiger charge is 2.50. The highest BCUT2D eigenvalue weighted by molar-refractivity contribution is 8.13. The van der Waals surface area contributed by atoms with Gasteiger partial charge in [-0.2, -0.15) is 0 Å². The van der Waals surface area contributed by atoms with E-state index in [0.29, 0.717) is 0 Å². The Morgan fingerprint density at radius 3 is 2.50 bits per heavy atom. The molecule has 0 aromatic heterocycles. The average molecular weight is 412 g/mol. The lowest BCUT2D eigenvalue weighted by Gasteiger charge is -2.36. The summed E-state index contributed by atoms with van der Waals surface area (Å²) < 4.78 is 0. The number of aryl methyl sites for hydroxylation is 2. The fourth-order valence-corrected chi connectivity index (χ4v) is 5.19. The van der Waals surface area contributed by atoms with Gasteiger partial charge in [-0.1, -0.05) is 61.3 Å². The van der Waals surface area contributed by atoms with Crippen LogP contribution < -0.4 is 4.90 Å². The molecule has 0 saturated heterocycles. The second-order valence-electron chi connectivity index (χ2n) is 7.52. The van der Waals surface area contributed by atoms with Crippen molar-refractivity contribution in [2.45, 2.75) is 51.5 Å². The SMILES string of the molecule is CCc1cccc(C)c1N=C1N=C(SC)N(c2ccc(Cl)cc2)C12CCCC2. The summed E-state index contributed by atoms with van der Waals surface area (Å²) in [5.41, 5.74) is 4.58. The van der Waals surface area contributed by atoms with Crippen molar-refractivity contribution in [3.63, 3.8) is 0 Å². The smallest absolute Gasteiger partial charge is 0.170 e. The van der Waals surface area contributed by atoms with Crippen molar-refractivity contribution >= 4 is 45.7 Å². The number of thioether (sulfide) groups is 1. The Morgan fingerprint density at radius 2 is 1.86 bits per heavy atom. The van der Waals surface area contributed by atoms with E-state index in [2.05, 4.69) is 55.3 Å². The second-order valence-corrected chi connectivity index (χ2v) is 8.73. The first-order chi connectivity index (χ1) is 13.6. The standard InChI is InChI=1S/C23H26ClN3S/c1-4-17-9-7-8-16(2)20(17)25-21-23(14-5-6-15-23)27(22(26-21)28-3)19-12-10-18(24)11-13-19/h7-13H,4-6,14-15H2,1-3H3. The summed E-state index contributed by atoms with van der Waals surface area (Å²) in [4.78, 5) is 12.7. The summed E-state index contributed by atoms with van der Waals surface area (Å²) in [5, 5.41) is 1.78. The first-order valence-corrected chi connectivity index (χ1v) is 11.6. The van der Waals surface area contributed by atoms with Crippen molar-refractivity contribution in [1.82, 2.24) is 0 Å². The van der Waals surface area contributed by atoms with E-state index in [-0.39, 0.29) is 5.54 Å². The molecule has 5 heteroatoms. The van der Waals surface area contributed by atoms with E-state index >= 15 is 0 Å². The molecule has 1 saturated carbocycles. The third-order valence-corrected chi connectivity index (χ3v) is 6.75. The maximum absolute atomic E-state index is 6.15. The predicted molar refractivity (Wildman–Crippen MR) is 124 cm³/mol. The third kappa shape index (κ3) is 3.27. The fourth-order valence-electron chi connectivity index (χ4n) is 4.42. The lowest BCUT2D eigenvalue weighted by molar-refractivity contribution is 0.592. The zero-order chi connectivity index (χ0) is 19.7. The molecule has 1 aliphatic carbocycles. The zero-order valence-corrected chi connectivity index (χ0v) is 18.3. The van der Waals surface area contributed by atoms with Crippen LogP contribution in [0.4, 0.5) is 11.4 Å². The van der Waals surface area contributed by atoms with Crippen LogP contribution in [0.1, 0.15) is 43.7 Å². The Kier molecular flexibility index (Phi) is 5.52. The molecule has 146 valence electrons. The maximum Gasteiger partial charge on any atom is 0.170 e. The lowest BCUT2D eigenvalue weighted by Crippen LogP contribution is -2.49. The molecule has 1 spiro atoms. The normalized spacial score (nSPS) is 19.6. The van der Waals surface area contributed by atoms with Gasteiger partial charge < -0.3 is 4.90 Å².